The number of hydrogen-bond acceptors (Lipinski definition) is 6. The fourth-order valence-corrected chi connectivity index (χ4v) is 1.13. The van der Waals surface area contributed by atoms with Gasteiger partial charge in [0.2, 0.25) is 11.9 Å². The molecule has 0 fully saturated rings. The number of nitrogens with zero attached hydrogens (tertiary/aromatic N) is 5. The highest BCUT2D eigenvalue weighted by molar-refractivity contribution is 5.37. The molecule has 0 atom stereocenters. The fraction of sp³-hybridized carbons (Fsp3) is 0.250. The number of rotatable bonds is 3. The number of nitrogens with one attached hydrogen (secondary N) is 1. The third-order valence-electron chi connectivity index (χ3n) is 1.74. The smallest absolute Gasteiger partial charge is 0.244 e. The van der Waals surface area contributed by atoms with Gasteiger partial charge in [0.25, 0.3) is 0 Å². The number of anilines is 2. The molecule has 0 saturated carbocycles. The van der Waals surface area contributed by atoms with Crippen molar-refractivity contribution in [3.05, 3.63) is 18.3 Å². The maximum atomic E-state index is 5.69. The highest BCUT2D eigenvalue weighted by Gasteiger charge is 2.08. The van der Waals surface area contributed by atoms with Gasteiger partial charge in [-0.3, -0.25) is 0 Å². The molecule has 3 N–H and O–H groups in total. The first-order chi connectivity index (χ1) is 7.31. The van der Waals surface area contributed by atoms with Crippen LogP contribution in [0.15, 0.2) is 18.3 Å². The molecule has 0 aliphatic heterocycles. The zero-order chi connectivity index (χ0) is 10.7. The predicted octanol–water partition coefficient (Wildman–Crippen LogP) is 0.0713. The first-order valence-corrected chi connectivity index (χ1v) is 4.55. The average Bonchev–Trinajstić information content (AvgIpc) is 2.61. The van der Waals surface area contributed by atoms with E-state index in [4.69, 9.17) is 5.73 Å². The molecule has 15 heavy (non-hydrogen) atoms. The Kier molecular flexibility index (Phi) is 2.44. The normalized spacial score (nSPS) is 10.2. The van der Waals surface area contributed by atoms with Crippen molar-refractivity contribution in [2.24, 2.45) is 0 Å². The lowest BCUT2D eigenvalue weighted by Gasteiger charge is -1.98. The minimum absolute atomic E-state index is 0.284. The highest BCUT2D eigenvalue weighted by Crippen LogP contribution is 2.09. The molecule has 78 valence electrons. The lowest BCUT2D eigenvalue weighted by molar-refractivity contribution is 0.822. The largest absolute Gasteiger partial charge is 0.368 e. The summed E-state index contributed by atoms with van der Waals surface area (Å²) in [7, 11) is 0. The molecule has 2 aromatic heterocycles. The predicted molar refractivity (Wildman–Crippen MR) is 55.5 cm³/mol. The van der Waals surface area contributed by atoms with Crippen LogP contribution >= 0.6 is 0 Å². The van der Waals surface area contributed by atoms with Crippen LogP contribution in [0.2, 0.25) is 0 Å². The van der Waals surface area contributed by atoms with Crippen molar-refractivity contribution < 1.29 is 0 Å². The molecule has 0 spiro atoms. The van der Waals surface area contributed by atoms with E-state index < -0.39 is 0 Å². The standard InChI is InChI=1S/C8H11N7/c1-2-10-8-12-7(9)15(14-8)6-4-3-5-11-13-6/h3-5H,2H2,1H3,(H3,9,10,12,14). The van der Waals surface area contributed by atoms with Crippen LogP contribution in [-0.2, 0) is 0 Å². The molecule has 7 heteroatoms. The Labute approximate surface area is 86.3 Å². The van der Waals surface area contributed by atoms with Gasteiger partial charge in [0, 0.05) is 12.7 Å². The van der Waals surface area contributed by atoms with Crippen molar-refractivity contribution in [3.63, 3.8) is 0 Å². The van der Waals surface area contributed by atoms with Gasteiger partial charge in [-0.2, -0.15) is 14.8 Å². The second-order valence-electron chi connectivity index (χ2n) is 2.82. The molecule has 0 aliphatic rings. The van der Waals surface area contributed by atoms with Crippen molar-refractivity contribution in [2.45, 2.75) is 6.92 Å². The molecule has 2 rings (SSSR count). The van der Waals surface area contributed by atoms with Gasteiger partial charge in [-0.15, -0.1) is 10.2 Å². The zero-order valence-corrected chi connectivity index (χ0v) is 8.25. The monoisotopic (exact) mass is 205 g/mol. The lowest BCUT2D eigenvalue weighted by atomic mass is 10.5. The highest BCUT2D eigenvalue weighted by atomic mass is 15.4. The summed E-state index contributed by atoms with van der Waals surface area (Å²) >= 11 is 0. The molecule has 2 aromatic rings. The molecule has 7 nitrogen and oxygen atoms in total. The van der Waals surface area contributed by atoms with E-state index in [-0.39, 0.29) is 5.95 Å². The van der Waals surface area contributed by atoms with E-state index in [0.717, 1.165) is 6.54 Å². The van der Waals surface area contributed by atoms with E-state index >= 15 is 0 Å². The van der Waals surface area contributed by atoms with Crippen molar-refractivity contribution in [2.75, 3.05) is 17.6 Å². The summed E-state index contributed by atoms with van der Waals surface area (Å²) in [6, 6.07) is 3.52. The van der Waals surface area contributed by atoms with Gasteiger partial charge in [-0.1, -0.05) is 0 Å². The third kappa shape index (κ3) is 1.85. The Hall–Kier alpha value is -2.18. The van der Waals surface area contributed by atoms with Gasteiger partial charge in [0.1, 0.15) is 0 Å². The second-order valence-corrected chi connectivity index (χ2v) is 2.82. The van der Waals surface area contributed by atoms with Crippen LogP contribution in [0.1, 0.15) is 6.92 Å². The molecule has 0 unspecified atom stereocenters. The number of nitrogens with two attached hydrogens (primary N) is 1. The SMILES string of the molecule is CCNc1nc(N)n(-c2cccnn2)n1. The summed E-state index contributed by atoms with van der Waals surface area (Å²) in [5, 5.41) is 14.7. The molecular formula is C8H11N7. The maximum Gasteiger partial charge on any atom is 0.244 e. The van der Waals surface area contributed by atoms with E-state index in [1.54, 1.807) is 18.3 Å². The summed E-state index contributed by atoms with van der Waals surface area (Å²) in [4.78, 5) is 4.03. The topological polar surface area (TPSA) is 94.5 Å². The summed E-state index contributed by atoms with van der Waals surface area (Å²) < 4.78 is 1.44. The number of aromatic nitrogens is 5. The quantitative estimate of drug-likeness (QED) is 0.736. The molecule has 0 bridgehead atoms. The van der Waals surface area contributed by atoms with Crippen molar-refractivity contribution in [1.82, 2.24) is 25.0 Å². The summed E-state index contributed by atoms with van der Waals surface area (Å²) in [6.45, 7) is 2.70. The van der Waals surface area contributed by atoms with E-state index in [1.807, 2.05) is 6.92 Å². The molecule has 0 radical (unpaired) electrons. The van der Waals surface area contributed by atoms with E-state index in [2.05, 4.69) is 25.6 Å². The molecule has 0 aliphatic carbocycles. The molecular weight excluding hydrogens is 194 g/mol. The fourth-order valence-electron chi connectivity index (χ4n) is 1.13. The molecule has 2 heterocycles. The zero-order valence-electron chi connectivity index (χ0n) is 8.25. The van der Waals surface area contributed by atoms with Crippen LogP contribution in [0.25, 0.3) is 5.82 Å². The van der Waals surface area contributed by atoms with Crippen molar-refractivity contribution >= 4 is 11.9 Å². The Bertz CT molecular complexity index is 436. The number of hydrogen-bond donors (Lipinski definition) is 2. The molecule has 0 aromatic carbocycles. The Morgan fingerprint density at radius 3 is 3.07 bits per heavy atom. The van der Waals surface area contributed by atoms with Gasteiger partial charge in [0.05, 0.1) is 0 Å². The van der Waals surface area contributed by atoms with Crippen LogP contribution in [0.4, 0.5) is 11.9 Å². The maximum absolute atomic E-state index is 5.69. The Balaban J connectivity index is 2.36. The first-order valence-electron chi connectivity index (χ1n) is 4.55. The van der Waals surface area contributed by atoms with Crippen molar-refractivity contribution in [3.8, 4) is 5.82 Å². The molecule has 0 amide bonds. The van der Waals surface area contributed by atoms with Gasteiger partial charge < -0.3 is 11.1 Å². The van der Waals surface area contributed by atoms with Crippen LogP contribution in [0, 0.1) is 0 Å². The van der Waals surface area contributed by atoms with Crippen LogP contribution in [0.5, 0.6) is 0 Å². The van der Waals surface area contributed by atoms with Crippen LogP contribution in [-0.4, -0.2) is 31.5 Å². The van der Waals surface area contributed by atoms with E-state index in [1.165, 1.54) is 4.68 Å². The van der Waals surface area contributed by atoms with Gasteiger partial charge >= 0.3 is 0 Å². The van der Waals surface area contributed by atoms with Crippen LogP contribution in [0.3, 0.4) is 0 Å². The lowest BCUT2D eigenvalue weighted by Crippen LogP contribution is -2.05. The van der Waals surface area contributed by atoms with E-state index in [0.29, 0.717) is 11.8 Å². The first kappa shape index (κ1) is 9.38. The number of nitrogen functional groups attached to an aromatic ring is 1. The third-order valence-corrected chi connectivity index (χ3v) is 1.74. The second kappa shape index (κ2) is 3.91. The van der Waals surface area contributed by atoms with Gasteiger partial charge in [-0.05, 0) is 19.1 Å². The van der Waals surface area contributed by atoms with Crippen LogP contribution < -0.4 is 11.1 Å². The van der Waals surface area contributed by atoms with Crippen molar-refractivity contribution in [1.29, 1.82) is 0 Å². The van der Waals surface area contributed by atoms with E-state index in [9.17, 15) is 0 Å². The van der Waals surface area contributed by atoms with Gasteiger partial charge in [0.15, 0.2) is 5.82 Å². The Morgan fingerprint density at radius 2 is 2.40 bits per heavy atom. The molecule has 0 saturated heterocycles. The summed E-state index contributed by atoms with van der Waals surface area (Å²) in [5.41, 5.74) is 5.69. The minimum atomic E-state index is 0.284. The average molecular weight is 205 g/mol. The Morgan fingerprint density at radius 1 is 1.53 bits per heavy atom. The summed E-state index contributed by atoms with van der Waals surface area (Å²) in [5.74, 6) is 1.32. The minimum Gasteiger partial charge on any atom is -0.368 e. The van der Waals surface area contributed by atoms with Gasteiger partial charge in [-0.25, -0.2) is 0 Å². The summed E-state index contributed by atoms with van der Waals surface area (Å²) in [6.07, 6.45) is 1.59.